The molecule has 2 heteroatoms. The predicted molar refractivity (Wildman–Crippen MR) is 69.7 cm³/mol. The zero-order valence-electron chi connectivity index (χ0n) is 11.3. The average Bonchev–Trinajstić information content (AvgIpc) is 2.96. The van der Waals surface area contributed by atoms with Crippen molar-refractivity contribution < 1.29 is 0 Å². The van der Waals surface area contributed by atoms with E-state index < -0.39 is 0 Å². The van der Waals surface area contributed by atoms with Gasteiger partial charge in [-0.05, 0) is 44.1 Å². The van der Waals surface area contributed by atoms with Crippen LogP contribution < -0.4 is 5.32 Å². The number of rotatable bonds is 6. The number of hydrogen-bond acceptors (Lipinski definition) is 2. The van der Waals surface area contributed by atoms with E-state index in [0.29, 0.717) is 5.41 Å². The Labute approximate surface area is 101 Å². The molecule has 16 heavy (non-hydrogen) atoms. The van der Waals surface area contributed by atoms with Crippen molar-refractivity contribution in [3.8, 4) is 0 Å². The highest BCUT2D eigenvalue weighted by Crippen LogP contribution is 2.27. The molecule has 0 aromatic rings. The summed E-state index contributed by atoms with van der Waals surface area (Å²) in [5.41, 5.74) is 0.431. The normalized spacial score (nSPS) is 27.6. The van der Waals surface area contributed by atoms with E-state index in [-0.39, 0.29) is 0 Å². The van der Waals surface area contributed by atoms with Gasteiger partial charge < -0.3 is 5.32 Å². The molecule has 0 aromatic heterocycles. The summed E-state index contributed by atoms with van der Waals surface area (Å²) in [5, 5.41) is 3.68. The molecule has 2 rings (SSSR count). The summed E-state index contributed by atoms with van der Waals surface area (Å²) in [6.45, 7) is 10.9. The van der Waals surface area contributed by atoms with Crippen molar-refractivity contribution >= 4 is 0 Å². The molecular weight excluding hydrogens is 196 g/mol. The Morgan fingerprint density at radius 3 is 2.62 bits per heavy atom. The lowest BCUT2D eigenvalue weighted by Crippen LogP contribution is -2.42. The van der Waals surface area contributed by atoms with E-state index in [1.807, 2.05) is 0 Å². The van der Waals surface area contributed by atoms with Gasteiger partial charge in [-0.3, -0.25) is 4.90 Å². The zero-order valence-corrected chi connectivity index (χ0v) is 11.3. The topological polar surface area (TPSA) is 15.3 Å². The quantitative estimate of drug-likeness (QED) is 0.746. The van der Waals surface area contributed by atoms with E-state index in [1.54, 1.807) is 0 Å². The van der Waals surface area contributed by atoms with Gasteiger partial charge in [0.15, 0.2) is 0 Å². The van der Waals surface area contributed by atoms with Crippen LogP contribution in [0.1, 0.15) is 52.9 Å². The Balaban J connectivity index is 1.76. The summed E-state index contributed by atoms with van der Waals surface area (Å²) in [5.74, 6) is 0. The van der Waals surface area contributed by atoms with E-state index in [9.17, 15) is 0 Å². The zero-order chi connectivity index (χ0) is 11.6. The van der Waals surface area contributed by atoms with Gasteiger partial charge in [-0.15, -0.1) is 0 Å². The summed E-state index contributed by atoms with van der Waals surface area (Å²) in [6, 6.07) is 1.71. The van der Waals surface area contributed by atoms with Crippen molar-refractivity contribution in [2.24, 2.45) is 5.41 Å². The molecule has 1 aliphatic carbocycles. The summed E-state index contributed by atoms with van der Waals surface area (Å²) in [7, 11) is 0. The minimum atomic E-state index is 0.431. The lowest BCUT2D eigenvalue weighted by atomic mass is 9.92. The fourth-order valence-electron chi connectivity index (χ4n) is 2.88. The Bertz CT molecular complexity index is 221. The molecule has 1 heterocycles. The van der Waals surface area contributed by atoms with Gasteiger partial charge in [0.1, 0.15) is 0 Å². The van der Waals surface area contributed by atoms with Gasteiger partial charge in [0, 0.05) is 25.2 Å². The second-order valence-corrected chi connectivity index (χ2v) is 6.49. The molecule has 1 saturated carbocycles. The molecule has 1 atom stereocenters. The Kier molecular flexibility index (Phi) is 3.91. The number of nitrogens with one attached hydrogen (secondary N) is 1. The maximum absolute atomic E-state index is 3.68. The van der Waals surface area contributed by atoms with Gasteiger partial charge in [0.25, 0.3) is 0 Å². The van der Waals surface area contributed by atoms with Crippen molar-refractivity contribution in [1.29, 1.82) is 0 Å². The molecule has 2 fully saturated rings. The SMILES string of the molecule is CCC1CCCN1CC(C)(C)CNC1CC1. The molecule has 0 bridgehead atoms. The first kappa shape index (κ1) is 12.4. The van der Waals surface area contributed by atoms with E-state index in [1.165, 1.54) is 51.7 Å². The van der Waals surface area contributed by atoms with Crippen LogP contribution in [0, 0.1) is 5.41 Å². The highest BCUT2D eigenvalue weighted by atomic mass is 15.2. The van der Waals surface area contributed by atoms with Crippen LogP contribution in [0.5, 0.6) is 0 Å². The Morgan fingerprint density at radius 1 is 1.25 bits per heavy atom. The third kappa shape index (κ3) is 3.46. The molecule has 1 aliphatic heterocycles. The highest BCUT2D eigenvalue weighted by Gasteiger charge is 2.30. The van der Waals surface area contributed by atoms with Crippen LogP contribution in [0.3, 0.4) is 0 Å². The first-order valence-corrected chi connectivity index (χ1v) is 7.08. The predicted octanol–water partition coefficient (Wildman–Crippen LogP) is 2.64. The second-order valence-electron chi connectivity index (χ2n) is 6.49. The van der Waals surface area contributed by atoms with Gasteiger partial charge in [-0.2, -0.15) is 0 Å². The molecule has 94 valence electrons. The van der Waals surface area contributed by atoms with Gasteiger partial charge in [-0.25, -0.2) is 0 Å². The minimum Gasteiger partial charge on any atom is -0.313 e. The van der Waals surface area contributed by atoms with Crippen LogP contribution in [-0.4, -0.2) is 36.6 Å². The summed E-state index contributed by atoms with van der Waals surface area (Å²) >= 11 is 0. The van der Waals surface area contributed by atoms with Crippen LogP contribution in [0.25, 0.3) is 0 Å². The minimum absolute atomic E-state index is 0.431. The molecule has 0 aromatic carbocycles. The fourth-order valence-corrected chi connectivity index (χ4v) is 2.88. The van der Waals surface area contributed by atoms with Crippen LogP contribution in [0.2, 0.25) is 0 Å². The maximum Gasteiger partial charge on any atom is 0.00933 e. The number of hydrogen-bond donors (Lipinski definition) is 1. The Hall–Kier alpha value is -0.0800. The smallest absolute Gasteiger partial charge is 0.00933 e. The van der Waals surface area contributed by atoms with Crippen molar-refractivity contribution in [1.82, 2.24) is 10.2 Å². The van der Waals surface area contributed by atoms with Crippen LogP contribution in [0.15, 0.2) is 0 Å². The number of likely N-dealkylation sites (tertiary alicyclic amines) is 1. The van der Waals surface area contributed by atoms with Crippen LogP contribution >= 0.6 is 0 Å². The van der Waals surface area contributed by atoms with Gasteiger partial charge in [0.2, 0.25) is 0 Å². The third-order valence-electron chi connectivity index (χ3n) is 4.05. The molecule has 1 unspecified atom stereocenters. The molecule has 2 aliphatic rings. The summed E-state index contributed by atoms with van der Waals surface area (Å²) in [4.78, 5) is 2.72. The highest BCUT2D eigenvalue weighted by molar-refractivity contribution is 4.87. The van der Waals surface area contributed by atoms with Crippen LogP contribution in [-0.2, 0) is 0 Å². The van der Waals surface area contributed by atoms with Gasteiger partial charge >= 0.3 is 0 Å². The number of nitrogens with zero attached hydrogens (tertiary/aromatic N) is 1. The molecule has 1 N–H and O–H groups in total. The van der Waals surface area contributed by atoms with Crippen molar-refractivity contribution in [3.63, 3.8) is 0 Å². The van der Waals surface area contributed by atoms with Crippen molar-refractivity contribution in [3.05, 3.63) is 0 Å². The first-order valence-electron chi connectivity index (χ1n) is 7.08. The fraction of sp³-hybridized carbons (Fsp3) is 1.00. The van der Waals surface area contributed by atoms with E-state index >= 15 is 0 Å². The maximum atomic E-state index is 3.68. The summed E-state index contributed by atoms with van der Waals surface area (Å²) < 4.78 is 0. The lowest BCUT2D eigenvalue weighted by molar-refractivity contribution is 0.159. The summed E-state index contributed by atoms with van der Waals surface area (Å²) in [6.07, 6.45) is 6.95. The third-order valence-corrected chi connectivity index (χ3v) is 4.05. The van der Waals surface area contributed by atoms with Gasteiger partial charge in [0.05, 0.1) is 0 Å². The largest absolute Gasteiger partial charge is 0.313 e. The first-order chi connectivity index (χ1) is 7.61. The van der Waals surface area contributed by atoms with Crippen LogP contribution in [0.4, 0.5) is 0 Å². The molecular formula is C14H28N2. The molecule has 0 radical (unpaired) electrons. The van der Waals surface area contributed by atoms with Gasteiger partial charge in [-0.1, -0.05) is 20.8 Å². The second kappa shape index (κ2) is 5.05. The standard InChI is InChI=1S/C14H28N2/c1-4-13-6-5-9-16(13)11-14(2,3)10-15-12-7-8-12/h12-13,15H,4-11H2,1-3H3. The lowest BCUT2D eigenvalue weighted by Gasteiger charge is -2.33. The Morgan fingerprint density at radius 2 is 2.00 bits per heavy atom. The van der Waals surface area contributed by atoms with Crippen molar-refractivity contribution in [2.75, 3.05) is 19.6 Å². The average molecular weight is 224 g/mol. The molecule has 1 saturated heterocycles. The van der Waals surface area contributed by atoms with Crippen molar-refractivity contribution in [2.45, 2.75) is 65.0 Å². The van der Waals surface area contributed by atoms with E-state index in [4.69, 9.17) is 0 Å². The monoisotopic (exact) mass is 224 g/mol. The molecule has 2 nitrogen and oxygen atoms in total. The molecule has 0 amide bonds. The molecule has 0 spiro atoms. The van der Waals surface area contributed by atoms with E-state index in [0.717, 1.165) is 12.1 Å². The van der Waals surface area contributed by atoms with E-state index in [2.05, 4.69) is 31.0 Å².